The minimum absolute atomic E-state index is 0.139. The second-order valence-corrected chi connectivity index (χ2v) is 4.32. The lowest BCUT2D eigenvalue weighted by Gasteiger charge is -2.00. The topological polar surface area (TPSA) is 0 Å². The molecule has 0 bridgehead atoms. The lowest BCUT2D eigenvalue weighted by atomic mass is 10.0. The molecular formula is C15H12F. The molecule has 1 saturated carbocycles. The monoisotopic (exact) mass is 211 g/mol. The van der Waals surface area contributed by atoms with Crippen molar-refractivity contribution in [2.24, 2.45) is 0 Å². The van der Waals surface area contributed by atoms with Gasteiger partial charge in [-0.25, -0.2) is 4.39 Å². The molecule has 1 heteroatoms. The fourth-order valence-electron chi connectivity index (χ4n) is 2.28. The van der Waals surface area contributed by atoms with Crippen molar-refractivity contribution in [1.82, 2.24) is 0 Å². The second kappa shape index (κ2) is 3.75. The van der Waals surface area contributed by atoms with E-state index in [1.807, 2.05) is 24.3 Å². The summed E-state index contributed by atoms with van der Waals surface area (Å²) in [4.78, 5) is 0. The minimum Gasteiger partial charge on any atom is -0.207 e. The third-order valence-electron chi connectivity index (χ3n) is 3.20. The Kier molecular flexibility index (Phi) is 2.24. The molecule has 2 aromatic carbocycles. The Morgan fingerprint density at radius 3 is 2.75 bits per heavy atom. The second-order valence-electron chi connectivity index (χ2n) is 4.32. The molecule has 1 radical (unpaired) electrons. The third-order valence-corrected chi connectivity index (χ3v) is 3.20. The summed E-state index contributed by atoms with van der Waals surface area (Å²) in [7, 11) is 0. The van der Waals surface area contributed by atoms with Crippen LogP contribution in [0.25, 0.3) is 0 Å². The van der Waals surface area contributed by atoms with Crippen molar-refractivity contribution >= 4 is 0 Å². The minimum atomic E-state index is -0.139. The summed E-state index contributed by atoms with van der Waals surface area (Å²) in [5.74, 6) is 0.873. The molecule has 3 rings (SSSR count). The maximum absolute atomic E-state index is 13.1. The van der Waals surface area contributed by atoms with Gasteiger partial charge in [0, 0.05) is 0 Å². The first-order valence-electron chi connectivity index (χ1n) is 5.56. The molecule has 0 aromatic heterocycles. The van der Waals surface area contributed by atoms with E-state index in [1.54, 1.807) is 12.1 Å². The molecule has 2 atom stereocenters. The maximum atomic E-state index is 13.1. The molecule has 0 aliphatic heterocycles. The highest BCUT2D eigenvalue weighted by molar-refractivity contribution is 5.35. The van der Waals surface area contributed by atoms with Crippen LogP contribution in [0.4, 0.5) is 4.39 Å². The standard InChI is InChI=1S/C15H12F/c16-13-8-4-7-12(9-13)15-10-14(15)11-5-2-1-3-6-11/h1-5,7-9,14-15H,10H2/t14-,15-/m1/s1. The van der Waals surface area contributed by atoms with Gasteiger partial charge in [-0.15, -0.1) is 0 Å². The van der Waals surface area contributed by atoms with Gasteiger partial charge in [0.05, 0.1) is 0 Å². The van der Waals surface area contributed by atoms with Crippen molar-refractivity contribution in [2.75, 3.05) is 0 Å². The maximum Gasteiger partial charge on any atom is 0.123 e. The van der Waals surface area contributed by atoms with Gasteiger partial charge in [0.15, 0.2) is 0 Å². The Balaban J connectivity index is 1.82. The molecule has 1 fully saturated rings. The molecule has 79 valence electrons. The predicted octanol–water partition coefficient (Wildman–Crippen LogP) is 3.90. The lowest BCUT2D eigenvalue weighted by Crippen LogP contribution is -1.85. The lowest BCUT2D eigenvalue weighted by molar-refractivity contribution is 0.625. The van der Waals surface area contributed by atoms with Crippen LogP contribution in [0.2, 0.25) is 0 Å². The van der Waals surface area contributed by atoms with Gasteiger partial charge in [-0.05, 0) is 47.6 Å². The van der Waals surface area contributed by atoms with Crippen LogP contribution in [0.15, 0.2) is 48.5 Å². The molecule has 0 unspecified atom stereocenters. The Hall–Kier alpha value is -1.63. The normalized spacial score (nSPS) is 23.1. The number of rotatable bonds is 2. The average molecular weight is 211 g/mol. The van der Waals surface area contributed by atoms with Crippen LogP contribution in [0, 0.1) is 11.9 Å². The van der Waals surface area contributed by atoms with Crippen LogP contribution in [-0.4, -0.2) is 0 Å². The fourth-order valence-corrected chi connectivity index (χ4v) is 2.28. The number of benzene rings is 2. The van der Waals surface area contributed by atoms with Gasteiger partial charge in [0.25, 0.3) is 0 Å². The zero-order valence-electron chi connectivity index (χ0n) is 8.86. The summed E-state index contributed by atoms with van der Waals surface area (Å²) in [5.41, 5.74) is 2.36. The van der Waals surface area contributed by atoms with Gasteiger partial charge in [-0.3, -0.25) is 0 Å². The van der Waals surface area contributed by atoms with Crippen LogP contribution in [0.1, 0.15) is 29.4 Å². The van der Waals surface area contributed by atoms with E-state index in [0.717, 1.165) is 12.0 Å². The van der Waals surface area contributed by atoms with Gasteiger partial charge in [-0.2, -0.15) is 0 Å². The highest BCUT2D eigenvalue weighted by Crippen LogP contribution is 2.54. The molecular weight excluding hydrogens is 199 g/mol. The van der Waals surface area contributed by atoms with Gasteiger partial charge in [0.1, 0.15) is 5.82 Å². The van der Waals surface area contributed by atoms with Crippen molar-refractivity contribution in [3.8, 4) is 0 Å². The van der Waals surface area contributed by atoms with E-state index >= 15 is 0 Å². The van der Waals surface area contributed by atoms with Crippen molar-refractivity contribution < 1.29 is 4.39 Å². The van der Waals surface area contributed by atoms with E-state index in [9.17, 15) is 4.39 Å². The molecule has 16 heavy (non-hydrogen) atoms. The molecule has 0 amide bonds. The summed E-state index contributed by atoms with van der Waals surface area (Å²) < 4.78 is 13.1. The smallest absolute Gasteiger partial charge is 0.123 e. The Morgan fingerprint density at radius 1 is 1.06 bits per heavy atom. The number of hydrogen-bond donors (Lipinski definition) is 0. The molecule has 0 N–H and O–H groups in total. The summed E-state index contributed by atoms with van der Waals surface area (Å²) in [6.45, 7) is 0. The highest BCUT2D eigenvalue weighted by Gasteiger charge is 2.39. The van der Waals surface area contributed by atoms with Crippen molar-refractivity contribution in [3.05, 3.63) is 71.5 Å². The summed E-state index contributed by atoms with van der Waals surface area (Å²) in [5, 5.41) is 0. The van der Waals surface area contributed by atoms with E-state index in [0.29, 0.717) is 11.8 Å². The van der Waals surface area contributed by atoms with Gasteiger partial charge >= 0.3 is 0 Å². The third kappa shape index (κ3) is 1.73. The Labute approximate surface area is 94.7 Å². The average Bonchev–Trinajstić information content (AvgIpc) is 3.10. The summed E-state index contributed by atoms with van der Waals surface area (Å²) >= 11 is 0. The van der Waals surface area contributed by atoms with E-state index in [-0.39, 0.29) is 5.82 Å². The van der Waals surface area contributed by atoms with Gasteiger partial charge < -0.3 is 0 Å². The first-order valence-corrected chi connectivity index (χ1v) is 5.56. The molecule has 1 aliphatic carbocycles. The van der Waals surface area contributed by atoms with Crippen LogP contribution < -0.4 is 0 Å². The number of hydrogen-bond acceptors (Lipinski definition) is 0. The molecule has 0 heterocycles. The van der Waals surface area contributed by atoms with Crippen LogP contribution >= 0.6 is 0 Å². The van der Waals surface area contributed by atoms with Crippen LogP contribution in [-0.2, 0) is 0 Å². The van der Waals surface area contributed by atoms with E-state index < -0.39 is 0 Å². The molecule has 2 aromatic rings. The zero-order valence-corrected chi connectivity index (χ0v) is 8.86. The molecule has 0 nitrogen and oxygen atoms in total. The number of halogens is 1. The molecule has 0 saturated heterocycles. The van der Waals surface area contributed by atoms with E-state index in [4.69, 9.17) is 0 Å². The fraction of sp³-hybridized carbons (Fsp3) is 0.200. The molecule has 0 spiro atoms. The van der Waals surface area contributed by atoms with Gasteiger partial charge in [0.2, 0.25) is 0 Å². The highest BCUT2D eigenvalue weighted by atomic mass is 19.1. The summed E-state index contributed by atoms with van der Waals surface area (Å²) in [6.07, 6.45) is 1.12. The van der Waals surface area contributed by atoms with Crippen LogP contribution in [0.5, 0.6) is 0 Å². The van der Waals surface area contributed by atoms with Crippen molar-refractivity contribution in [2.45, 2.75) is 18.3 Å². The van der Waals surface area contributed by atoms with Crippen molar-refractivity contribution in [3.63, 3.8) is 0 Å². The molecule has 1 aliphatic rings. The van der Waals surface area contributed by atoms with Crippen molar-refractivity contribution in [1.29, 1.82) is 0 Å². The Bertz CT molecular complexity index is 490. The predicted molar refractivity (Wildman–Crippen MR) is 61.8 cm³/mol. The quantitative estimate of drug-likeness (QED) is 0.706. The van der Waals surface area contributed by atoms with E-state index in [2.05, 4.69) is 12.1 Å². The SMILES string of the molecule is Fc1cccc([C@H]2C[C@@H]2c2[c]cccc2)c1. The first-order chi connectivity index (χ1) is 7.84. The Morgan fingerprint density at radius 2 is 2.00 bits per heavy atom. The van der Waals surface area contributed by atoms with Gasteiger partial charge in [-0.1, -0.05) is 36.4 Å². The zero-order chi connectivity index (χ0) is 11.0. The summed E-state index contributed by atoms with van der Waals surface area (Å²) in [6, 6.07) is 18.2. The van der Waals surface area contributed by atoms with Crippen LogP contribution in [0.3, 0.4) is 0 Å². The van der Waals surface area contributed by atoms with E-state index in [1.165, 1.54) is 11.6 Å². The largest absolute Gasteiger partial charge is 0.207 e. The first kappa shape index (κ1) is 9.59.